The first-order valence-corrected chi connectivity index (χ1v) is 11.8. The minimum Gasteiger partial charge on any atom is -0.496 e. The molecule has 0 aliphatic heterocycles. The van der Waals surface area contributed by atoms with Gasteiger partial charge >= 0.3 is 0 Å². The van der Waals surface area contributed by atoms with Crippen LogP contribution in [-0.4, -0.2) is 18.9 Å². The Hall–Kier alpha value is -4.84. The summed E-state index contributed by atoms with van der Waals surface area (Å²) in [6.45, 7) is 3.80. The molecule has 0 saturated heterocycles. The van der Waals surface area contributed by atoms with Gasteiger partial charge < -0.3 is 20.2 Å². The highest BCUT2D eigenvalue weighted by Crippen LogP contribution is 2.41. The summed E-state index contributed by atoms with van der Waals surface area (Å²) >= 11 is 0. The van der Waals surface area contributed by atoms with Crippen molar-refractivity contribution in [1.29, 1.82) is 0 Å². The summed E-state index contributed by atoms with van der Waals surface area (Å²) < 4.78 is 11.7. The number of methoxy groups -OCH3 is 1. The molecule has 1 aromatic heterocycles. The van der Waals surface area contributed by atoms with Crippen molar-refractivity contribution in [3.8, 4) is 16.9 Å². The highest BCUT2D eigenvalue weighted by Gasteiger charge is 2.19. The Balaban J connectivity index is 1.55. The van der Waals surface area contributed by atoms with Crippen LogP contribution >= 0.6 is 0 Å². The number of fused-ring (bicyclic) bond motifs is 2. The maximum absolute atomic E-state index is 12.8. The van der Waals surface area contributed by atoms with Crippen molar-refractivity contribution >= 4 is 44.8 Å². The zero-order valence-electron chi connectivity index (χ0n) is 20.8. The molecule has 0 spiro atoms. The fourth-order valence-corrected chi connectivity index (χ4v) is 4.66. The first-order chi connectivity index (χ1) is 17.9. The summed E-state index contributed by atoms with van der Waals surface area (Å²) in [6, 6.07) is 23.1. The number of ether oxygens (including phenoxy) is 1. The second-order valence-corrected chi connectivity index (χ2v) is 8.93. The number of hydrogen-bond acceptors (Lipinski definition) is 4. The number of nitrogens with one attached hydrogen (secondary N) is 1. The van der Waals surface area contributed by atoms with Gasteiger partial charge in [0.2, 0.25) is 11.8 Å². The Kier molecular flexibility index (Phi) is 6.24. The first kappa shape index (κ1) is 23.9. The molecule has 0 radical (unpaired) electrons. The van der Waals surface area contributed by atoms with Crippen LogP contribution in [-0.2, 0) is 4.79 Å². The van der Waals surface area contributed by atoms with Gasteiger partial charge in [0.15, 0.2) is 0 Å². The third-order valence-electron chi connectivity index (χ3n) is 6.50. The predicted molar refractivity (Wildman–Crippen MR) is 148 cm³/mol. The maximum atomic E-state index is 12.8. The number of amides is 2. The van der Waals surface area contributed by atoms with E-state index in [1.807, 2.05) is 32.0 Å². The summed E-state index contributed by atoms with van der Waals surface area (Å²) in [5, 5.41) is 6.05. The molecule has 5 rings (SSSR count). The largest absolute Gasteiger partial charge is 0.496 e. The second-order valence-electron chi connectivity index (χ2n) is 8.93. The summed E-state index contributed by atoms with van der Waals surface area (Å²) in [6.07, 6.45) is 3.28. The van der Waals surface area contributed by atoms with Gasteiger partial charge in [-0.3, -0.25) is 9.59 Å². The molecule has 1 heterocycles. The normalized spacial score (nSPS) is 11.6. The van der Waals surface area contributed by atoms with E-state index in [0.717, 1.165) is 44.2 Å². The number of aryl methyl sites for hydroxylation is 1. The molecule has 4 aromatic carbocycles. The highest BCUT2D eigenvalue weighted by molar-refractivity contribution is 6.06. The van der Waals surface area contributed by atoms with Crippen molar-refractivity contribution in [1.82, 2.24) is 0 Å². The molecular weight excluding hydrogens is 464 g/mol. The van der Waals surface area contributed by atoms with Crippen LogP contribution in [0.4, 0.5) is 5.69 Å². The number of carbonyl (C=O) groups is 2. The molecule has 184 valence electrons. The number of rotatable bonds is 6. The lowest BCUT2D eigenvalue weighted by Crippen LogP contribution is -2.13. The summed E-state index contributed by atoms with van der Waals surface area (Å²) in [4.78, 5) is 24.3. The molecule has 0 bridgehead atoms. The van der Waals surface area contributed by atoms with E-state index in [0.29, 0.717) is 17.0 Å². The lowest BCUT2D eigenvalue weighted by atomic mass is 9.95. The number of nitrogens with two attached hydrogens (primary N) is 1. The van der Waals surface area contributed by atoms with Crippen molar-refractivity contribution in [2.45, 2.75) is 13.8 Å². The lowest BCUT2D eigenvalue weighted by Gasteiger charge is -2.13. The minimum absolute atomic E-state index is 0.322. The van der Waals surface area contributed by atoms with Crippen LogP contribution in [0.2, 0.25) is 0 Å². The van der Waals surface area contributed by atoms with Gasteiger partial charge in [-0.2, -0.15) is 0 Å². The van der Waals surface area contributed by atoms with E-state index in [-0.39, 0.29) is 5.91 Å². The number of carbonyl (C=O) groups excluding carboxylic acids is 2. The molecule has 2 amide bonds. The Morgan fingerprint density at radius 3 is 2.51 bits per heavy atom. The van der Waals surface area contributed by atoms with Crippen molar-refractivity contribution < 1.29 is 18.7 Å². The average Bonchev–Trinajstić information content (AvgIpc) is 3.32. The smallest absolute Gasteiger partial charge is 0.248 e. The van der Waals surface area contributed by atoms with Gasteiger partial charge in [0.25, 0.3) is 0 Å². The van der Waals surface area contributed by atoms with E-state index in [1.54, 1.807) is 37.6 Å². The first-order valence-electron chi connectivity index (χ1n) is 11.8. The standard InChI is InChI=1S/C31H26N2O4/c1-18(13-28(34)33-24-10-6-9-23(15-24)31(32)35)25-16-26-27(17-37-30(26)19(2)29(25)36-3)22-12-11-20-7-4-5-8-21(20)14-22/h4-17H,1-3H3,(H2,32,35)(H,33,34)/b18-13+. The van der Waals surface area contributed by atoms with Crippen LogP contribution in [0.25, 0.3) is 38.4 Å². The molecule has 0 saturated carbocycles. The van der Waals surface area contributed by atoms with Crippen LogP contribution in [0, 0.1) is 6.92 Å². The number of benzene rings is 4. The summed E-state index contributed by atoms with van der Waals surface area (Å²) in [5.41, 5.74) is 11.3. The zero-order valence-corrected chi connectivity index (χ0v) is 20.8. The second kappa shape index (κ2) is 9.66. The number of furan rings is 1. The van der Waals surface area contributed by atoms with Crippen molar-refractivity contribution in [3.05, 3.63) is 102 Å². The van der Waals surface area contributed by atoms with Gasteiger partial charge in [-0.1, -0.05) is 42.5 Å². The molecule has 0 atom stereocenters. The van der Waals surface area contributed by atoms with E-state index >= 15 is 0 Å². The number of hydrogen-bond donors (Lipinski definition) is 2. The third kappa shape index (κ3) is 4.57. The van der Waals surface area contributed by atoms with Crippen LogP contribution < -0.4 is 15.8 Å². The van der Waals surface area contributed by atoms with Gasteiger partial charge in [-0.15, -0.1) is 0 Å². The monoisotopic (exact) mass is 490 g/mol. The van der Waals surface area contributed by atoms with Gasteiger partial charge in [-0.05, 0) is 66.1 Å². The van der Waals surface area contributed by atoms with Gasteiger partial charge in [0.05, 0.1) is 13.4 Å². The van der Waals surface area contributed by atoms with E-state index in [1.165, 1.54) is 11.5 Å². The lowest BCUT2D eigenvalue weighted by molar-refractivity contribution is -0.111. The Labute approximate surface area is 214 Å². The molecule has 5 aromatic rings. The average molecular weight is 491 g/mol. The van der Waals surface area contributed by atoms with E-state index in [4.69, 9.17) is 14.9 Å². The number of allylic oxidation sites excluding steroid dienone is 1. The Morgan fingerprint density at radius 2 is 1.76 bits per heavy atom. The molecule has 3 N–H and O–H groups in total. The Morgan fingerprint density at radius 1 is 0.973 bits per heavy atom. The molecule has 37 heavy (non-hydrogen) atoms. The van der Waals surface area contributed by atoms with E-state index < -0.39 is 5.91 Å². The van der Waals surface area contributed by atoms with E-state index in [9.17, 15) is 9.59 Å². The molecule has 0 aliphatic carbocycles. The van der Waals surface area contributed by atoms with Crippen LogP contribution in [0.15, 0.2) is 89.6 Å². The Bertz CT molecular complexity index is 1710. The van der Waals surface area contributed by atoms with Crippen LogP contribution in [0.3, 0.4) is 0 Å². The summed E-state index contributed by atoms with van der Waals surface area (Å²) in [7, 11) is 1.60. The molecular formula is C31H26N2O4. The topological polar surface area (TPSA) is 94.6 Å². The van der Waals surface area contributed by atoms with Crippen molar-refractivity contribution in [2.75, 3.05) is 12.4 Å². The molecule has 0 unspecified atom stereocenters. The summed E-state index contributed by atoms with van der Waals surface area (Å²) in [5.74, 6) is -0.247. The quantitative estimate of drug-likeness (QED) is 0.259. The fourth-order valence-electron chi connectivity index (χ4n) is 4.66. The molecule has 0 fully saturated rings. The van der Waals surface area contributed by atoms with Crippen molar-refractivity contribution in [2.24, 2.45) is 5.73 Å². The van der Waals surface area contributed by atoms with Gasteiger partial charge in [0, 0.05) is 39.4 Å². The highest BCUT2D eigenvalue weighted by atomic mass is 16.5. The zero-order chi connectivity index (χ0) is 26.1. The third-order valence-corrected chi connectivity index (χ3v) is 6.50. The maximum Gasteiger partial charge on any atom is 0.248 e. The van der Waals surface area contributed by atoms with Gasteiger partial charge in [-0.25, -0.2) is 0 Å². The van der Waals surface area contributed by atoms with E-state index in [2.05, 4.69) is 35.6 Å². The molecule has 6 heteroatoms. The minimum atomic E-state index is -0.557. The fraction of sp³-hybridized carbons (Fsp3) is 0.0968. The predicted octanol–water partition coefficient (Wildman–Crippen LogP) is 6.71. The van der Waals surface area contributed by atoms with Crippen LogP contribution in [0.1, 0.15) is 28.4 Å². The van der Waals surface area contributed by atoms with Crippen molar-refractivity contribution in [3.63, 3.8) is 0 Å². The van der Waals surface area contributed by atoms with Crippen LogP contribution in [0.5, 0.6) is 5.75 Å². The van der Waals surface area contributed by atoms with Gasteiger partial charge in [0.1, 0.15) is 11.3 Å². The molecule has 6 nitrogen and oxygen atoms in total. The number of anilines is 1. The number of primary amides is 1. The SMILES string of the molecule is COc1c(/C(C)=C/C(=O)Nc2cccc(C(N)=O)c2)cc2c(-c3ccc4ccccc4c3)coc2c1C. The molecule has 0 aliphatic rings.